The van der Waals surface area contributed by atoms with Crippen LogP contribution in [0.15, 0.2) is 54.6 Å². The Labute approximate surface area is 147 Å². The highest BCUT2D eigenvalue weighted by atomic mass is 16.6. The van der Waals surface area contributed by atoms with Crippen molar-refractivity contribution >= 4 is 18.0 Å². The number of aliphatic hydroxyl groups is 3. The van der Waals surface area contributed by atoms with E-state index in [2.05, 4.69) is 4.74 Å². The van der Waals surface area contributed by atoms with E-state index >= 15 is 0 Å². The number of esters is 2. The van der Waals surface area contributed by atoms with Crippen molar-refractivity contribution in [2.45, 2.75) is 11.9 Å². The van der Waals surface area contributed by atoms with Gasteiger partial charge in [-0.3, -0.25) is 0 Å². The second-order valence-corrected chi connectivity index (χ2v) is 5.30. The van der Waals surface area contributed by atoms with Crippen LogP contribution in [0.2, 0.25) is 0 Å². The Morgan fingerprint density at radius 1 is 1.00 bits per heavy atom. The maximum atomic E-state index is 12.1. The van der Waals surface area contributed by atoms with Gasteiger partial charge in [0.05, 0.1) is 0 Å². The Balaban J connectivity index is 2.15. The Hall–Kier alpha value is -3.20. The molecule has 26 heavy (non-hydrogen) atoms. The highest BCUT2D eigenvalue weighted by Crippen LogP contribution is 2.27. The van der Waals surface area contributed by atoms with Gasteiger partial charge in [0, 0.05) is 11.6 Å². The summed E-state index contributed by atoms with van der Waals surface area (Å²) in [6.45, 7) is 0. The van der Waals surface area contributed by atoms with E-state index < -0.39 is 29.6 Å². The van der Waals surface area contributed by atoms with Crippen LogP contribution in [0.4, 0.5) is 0 Å². The van der Waals surface area contributed by atoms with E-state index in [0.29, 0.717) is 5.56 Å². The highest BCUT2D eigenvalue weighted by molar-refractivity contribution is 5.97. The number of rotatable bonds is 5. The minimum Gasteiger partial charge on any atom is -0.504 e. The molecular weight excluding hydrogens is 344 g/mol. The summed E-state index contributed by atoms with van der Waals surface area (Å²) in [5.74, 6) is -3.50. The fraction of sp³-hybridized carbons (Fsp3) is 0.111. The van der Waals surface area contributed by atoms with Crippen LogP contribution in [-0.4, -0.2) is 43.8 Å². The van der Waals surface area contributed by atoms with E-state index in [1.54, 1.807) is 6.07 Å². The lowest BCUT2D eigenvalue weighted by Gasteiger charge is -2.27. The lowest BCUT2D eigenvalue weighted by molar-refractivity contribution is -0.214. The Bertz CT molecular complexity index is 828. The van der Waals surface area contributed by atoms with E-state index in [1.807, 2.05) is 0 Å². The van der Waals surface area contributed by atoms with Crippen LogP contribution < -0.4 is 0 Å². The predicted octanol–water partition coefficient (Wildman–Crippen LogP) is 0.379. The number of aliphatic hydroxyl groups excluding tert-OH is 1. The summed E-state index contributed by atoms with van der Waals surface area (Å²) in [6, 6.07) is 10.8. The van der Waals surface area contributed by atoms with Crippen LogP contribution in [0.5, 0.6) is 11.5 Å². The summed E-state index contributed by atoms with van der Waals surface area (Å²) in [5, 5.41) is 47.7. The molecule has 0 saturated carbocycles. The van der Waals surface area contributed by atoms with Gasteiger partial charge in [-0.05, 0) is 23.8 Å². The van der Waals surface area contributed by atoms with Crippen molar-refractivity contribution in [2.24, 2.45) is 0 Å². The molecule has 5 N–H and O–H groups in total. The van der Waals surface area contributed by atoms with Gasteiger partial charge >= 0.3 is 11.9 Å². The first kappa shape index (κ1) is 19.1. The lowest BCUT2D eigenvalue weighted by atomic mass is 9.93. The zero-order valence-corrected chi connectivity index (χ0v) is 13.3. The highest BCUT2D eigenvalue weighted by Gasteiger charge is 2.47. The van der Waals surface area contributed by atoms with Gasteiger partial charge in [-0.25, -0.2) is 9.59 Å². The standard InChI is InChI=1S/C18H16O8/c19-13-8-6-11(10-14(13)20)7-9-15(21)26-17(24)18(25,16(22)23)12-4-2-1-3-5-12/h1-10,16,19-20,22-23,25H/b9-7+. The number of carbonyl (C=O) groups excluding carboxylic acids is 2. The number of benzene rings is 2. The molecular formula is C18H16O8. The monoisotopic (exact) mass is 360 g/mol. The molecule has 0 aliphatic heterocycles. The lowest BCUT2D eigenvalue weighted by Crippen LogP contribution is -2.48. The average Bonchev–Trinajstić information content (AvgIpc) is 2.62. The summed E-state index contributed by atoms with van der Waals surface area (Å²) in [7, 11) is 0. The molecule has 0 aromatic heterocycles. The third kappa shape index (κ3) is 4.06. The maximum Gasteiger partial charge on any atom is 0.356 e. The molecule has 1 atom stereocenters. The van der Waals surface area contributed by atoms with E-state index in [0.717, 1.165) is 6.08 Å². The molecule has 0 saturated heterocycles. The zero-order chi connectivity index (χ0) is 19.3. The number of phenols is 2. The minimum absolute atomic E-state index is 0.166. The summed E-state index contributed by atoms with van der Waals surface area (Å²) < 4.78 is 4.46. The van der Waals surface area contributed by atoms with Gasteiger partial charge in [0.25, 0.3) is 0 Å². The quantitative estimate of drug-likeness (QED) is 0.169. The molecule has 8 nitrogen and oxygen atoms in total. The number of aromatic hydroxyl groups is 2. The number of carbonyl (C=O) groups is 2. The smallest absolute Gasteiger partial charge is 0.356 e. The molecule has 0 fully saturated rings. The van der Waals surface area contributed by atoms with Crippen molar-refractivity contribution in [2.75, 3.05) is 0 Å². The fourth-order valence-electron chi connectivity index (χ4n) is 2.08. The second-order valence-electron chi connectivity index (χ2n) is 5.30. The molecule has 0 aliphatic rings. The van der Waals surface area contributed by atoms with Gasteiger partial charge in [-0.1, -0.05) is 36.4 Å². The van der Waals surface area contributed by atoms with E-state index in [1.165, 1.54) is 48.5 Å². The average molecular weight is 360 g/mol. The van der Waals surface area contributed by atoms with Crippen molar-refractivity contribution in [1.29, 1.82) is 0 Å². The molecule has 2 rings (SSSR count). The Morgan fingerprint density at radius 2 is 1.65 bits per heavy atom. The summed E-state index contributed by atoms with van der Waals surface area (Å²) in [5.41, 5.74) is -2.69. The van der Waals surface area contributed by atoms with Crippen molar-refractivity contribution in [1.82, 2.24) is 0 Å². The normalized spacial score (nSPS) is 13.5. The van der Waals surface area contributed by atoms with Crippen molar-refractivity contribution in [3.63, 3.8) is 0 Å². The van der Waals surface area contributed by atoms with Gasteiger partial charge in [0.2, 0.25) is 5.60 Å². The molecule has 0 aliphatic carbocycles. The van der Waals surface area contributed by atoms with Crippen LogP contribution in [0.3, 0.4) is 0 Å². The van der Waals surface area contributed by atoms with Crippen LogP contribution in [0.25, 0.3) is 6.08 Å². The molecule has 8 heteroatoms. The third-order valence-corrected chi connectivity index (χ3v) is 3.50. The maximum absolute atomic E-state index is 12.1. The molecule has 136 valence electrons. The largest absolute Gasteiger partial charge is 0.504 e. The summed E-state index contributed by atoms with van der Waals surface area (Å²) in [4.78, 5) is 23.9. The molecule has 0 spiro atoms. The number of ether oxygens (including phenoxy) is 1. The first-order valence-corrected chi connectivity index (χ1v) is 7.35. The SMILES string of the molecule is O=C(/C=C/c1ccc(O)c(O)c1)OC(=O)C(O)(c1ccccc1)C(O)O. The van der Waals surface area contributed by atoms with Gasteiger partial charge in [0.15, 0.2) is 17.8 Å². The van der Waals surface area contributed by atoms with Gasteiger partial charge in [0.1, 0.15) is 0 Å². The van der Waals surface area contributed by atoms with Crippen LogP contribution in [-0.2, 0) is 19.9 Å². The second kappa shape index (κ2) is 7.79. The molecule has 0 heterocycles. The van der Waals surface area contributed by atoms with Gasteiger partial charge in [-0.2, -0.15) is 0 Å². The van der Waals surface area contributed by atoms with E-state index in [9.17, 15) is 35.1 Å². The zero-order valence-electron chi connectivity index (χ0n) is 13.3. The van der Waals surface area contributed by atoms with Crippen molar-refractivity contribution in [3.8, 4) is 11.5 Å². The molecule has 1 unspecified atom stereocenters. The van der Waals surface area contributed by atoms with Gasteiger partial charge in [-0.15, -0.1) is 0 Å². The van der Waals surface area contributed by atoms with Crippen LogP contribution >= 0.6 is 0 Å². The van der Waals surface area contributed by atoms with Crippen LogP contribution in [0.1, 0.15) is 11.1 Å². The molecule has 0 radical (unpaired) electrons. The van der Waals surface area contributed by atoms with E-state index in [4.69, 9.17) is 0 Å². The molecule has 0 amide bonds. The number of hydrogen-bond acceptors (Lipinski definition) is 8. The summed E-state index contributed by atoms with van der Waals surface area (Å²) >= 11 is 0. The molecule has 2 aromatic rings. The fourth-order valence-corrected chi connectivity index (χ4v) is 2.08. The topological polar surface area (TPSA) is 145 Å². The number of phenolic OH excluding ortho intramolecular Hbond substituents is 2. The summed E-state index contributed by atoms with van der Waals surface area (Å²) in [6.07, 6.45) is -0.506. The Morgan fingerprint density at radius 3 is 2.23 bits per heavy atom. The Kier molecular flexibility index (Phi) is 5.73. The molecule has 0 bridgehead atoms. The first-order valence-electron chi connectivity index (χ1n) is 7.35. The predicted molar refractivity (Wildman–Crippen MR) is 88.5 cm³/mol. The minimum atomic E-state index is -2.85. The van der Waals surface area contributed by atoms with Crippen molar-refractivity contribution in [3.05, 3.63) is 65.7 Å². The van der Waals surface area contributed by atoms with Crippen LogP contribution in [0, 0.1) is 0 Å². The first-order chi connectivity index (χ1) is 12.2. The van der Waals surface area contributed by atoms with Crippen molar-refractivity contribution < 1.29 is 39.9 Å². The third-order valence-electron chi connectivity index (χ3n) is 3.50. The van der Waals surface area contributed by atoms with E-state index in [-0.39, 0.29) is 11.3 Å². The number of hydrogen-bond donors (Lipinski definition) is 5. The molecule has 2 aromatic carbocycles. The van der Waals surface area contributed by atoms with Gasteiger partial charge < -0.3 is 30.3 Å².